The van der Waals surface area contributed by atoms with E-state index in [1.165, 1.54) is 4.90 Å². The molecule has 5 unspecified atom stereocenters. The number of carboxylic acids is 1. The Hall–Kier alpha value is -2.45. The van der Waals surface area contributed by atoms with Gasteiger partial charge in [-0.05, 0) is 38.0 Å². The summed E-state index contributed by atoms with van der Waals surface area (Å²) < 4.78 is 0. The van der Waals surface area contributed by atoms with Gasteiger partial charge in [0.25, 0.3) is 0 Å². The Labute approximate surface area is 172 Å². The molecular formula is C20H22ClN3O5. The van der Waals surface area contributed by atoms with Gasteiger partial charge in [0.15, 0.2) is 0 Å². The van der Waals surface area contributed by atoms with Crippen molar-refractivity contribution in [2.24, 2.45) is 11.8 Å². The minimum Gasteiger partial charge on any atom is -0.481 e. The van der Waals surface area contributed by atoms with Gasteiger partial charge in [-0.1, -0.05) is 18.5 Å². The second kappa shape index (κ2) is 6.81. The van der Waals surface area contributed by atoms with Gasteiger partial charge >= 0.3 is 5.97 Å². The minimum atomic E-state index is -1.44. The van der Waals surface area contributed by atoms with Crippen molar-refractivity contribution < 1.29 is 24.3 Å². The minimum absolute atomic E-state index is 0.134. The van der Waals surface area contributed by atoms with Crippen molar-refractivity contribution in [2.75, 3.05) is 5.32 Å². The number of aliphatic carboxylic acids is 1. The molecule has 2 fully saturated rings. The number of fused-ring (bicyclic) bond motifs is 4. The van der Waals surface area contributed by atoms with Crippen LogP contribution in [0.4, 0.5) is 5.69 Å². The summed E-state index contributed by atoms with van der Waals surface area (Å²) in [6, 6.07) is 4.01. The van der Waals surface area contributed by atoms with E-state index in [0.29, 0.717) is 22.7 Å². The monoisotopic (exact) mass is 419 g/mol. The highest BCUT2D eigenvalue weighted by Crippen LogP contribution is 2.54. The molecule has 1 spiro atoms. The Morgan fingerprint density at radius 2 is 2.03 bits per heavy atom. The van der Waals surface area contributed by atoms with E-state index in [1.807, 2.05) is 6.92 Å². The van der Waals surface area contributed by atoms with Crippen LogP contribution in [0.2, 0.25) is 5.02 Å². The molecule has 3 N–H and O–H groups in total. The standard InChI is InChI=1S/C20H22ClN3O5/c1-3-9(2)24-17(27)15-13(6-7-14(25)26)23-20(16(15)18(24)28)11-8-10(21)4-5-12(11)22-19(20)29/h4-5,8-9,13,15-16,23H,3,6-7H2,1-2H3,(H,22,29)(H,25,26). The predicted molar refractivity (Wildman–Crippen MR) is 104 cm³/mol. The summed E-state index contributed by atoms with van der Waals surface area (Å²) >= 11 is 6.17. The second-order valence-electron chi connectivity index (χ2n) is 7.94. The van der Waals surface area contributed by atoms with Gasteiger partial charge in [0.05, 0.1) is 11.8 Å². The number of anilines is 1. The molecule has 2 saturated heterocycles. The van der Waals surface area contributed by atoms with E-state index in [4.69, 9.17) is 16.7 Å². The molecule has 0 aliphatic carbocycles. The van der Waals surface area contributed by atoms with Gasteiger partial charge in [0, 0.05) is 34.8 Å². The van der Waals surface area contributed by atoms with Crippen molar-refractivity contribution in [1.29, 1.82) is 0 Å². The van der Waals surface area contributed by atoms with Crippen molar-refractivity contribution in [2.45, 2.75) is 50.7 Å². The number of nitrogens with zero attached hydrogens (tertiary/aromatic N) is 1. The van der Waals surface area contributed by atoms with Crippen LogP contribution >= 0.6 is 11.6 Å². The number of carbonyl (C=O) groups is 4. The molecule has 8 nitrogen and oxygen atoms in total. The maximum atomic E-state index is 13.4. The van der Waals surface area contributed by atoms with Crippen LogP contribution in [0.3, 0.4) is 0 Å². The van der Waals surface area contributed by atoms with Crippen LogP contribution < -0.4 is 10.6 Å². The number of benzene rings is 1. The third kappa shape index (κ3) is 2.69. The van der Waals surface area contributed by atoms with Gasteiger partial charge in [-0.25, -0.2) is 0 Å². The number of imide groups is 1. The van der Waals surface area contributed by atoms with E-state index in [9.17, 15) is 19.2 Å². The average molecular weight is 420 g/mol. The van der Waals surface area contributed by atoms with E-state index in [0.717, 1.165) is 0 Å². The van der Waals surface area contributed by atoms with E-state index in [-0.39, 0.29) is 24.8 Å². The highest BCUT2D eigenvalue weighted by atomic mass is 35.5. The largest absolute Gasteiger partial charge is 0.481 e. The lowest BCUT2D eigenvalue weighted by Crippen LogP contribution is -2.54. The van der Waals surface area contributed by atoms with Crippen LogP contribution in [0.15, 0.2) is 18.2 Å². The molecule has 0 aromatic heterocycles. The fourth-order valence-corrected chi connectivity index (χ4v) is 5.11. The molecule has 154 valence electrons. The van der Waals surface area contributed by atoms with E-state index in [2.05, 4.69) is 10.6 Å². The molecule has 0 bridgehead atoms. The Balaban J connectivity index is 1.85. The molecule has 29 heavy (non-hydrogen) atoms. The number of rotatable bonds is 5. The third-order valence-electron chi connectivity index (χ3n) is 6.41. The van der Waals surface area contributed by atoms with Gasteiger partial charge in [0.1, 0.15) is 5.54 Å². The van der Waals surface area contributed by atoms with Crippen LogP contribution in [0, 0.1) is 11.8 Å². The molecule has 9 heteroatoms. The summed E-state index contributed by atoms with van der Waals surface area (Å²) in [4.78, 5) is 52.2. The fourth-order valence-electron chi connectivity index (χ4n) is 4.94. The molecule has 3 heterocycles. The van der Waals surface area contributed by atoms with Crippen molar-refractivity contribution in [3.8, 4) is 0 Å². The molecule has 3 aliphatic rings. The number of carboxylic acid groups (broad SMARTS) is 1. The zero-order chi connectivity index (χ0) is 21.1. The highest BCUT2D eigenvalue weighted by molar-refractivity contribution is 6.31. The number of nitrogens with one attached hydrogen (secondary N) is 2. The lowest BCUT2D eigenvalue weighted by molar-refractivity contribution is -0.145. The van der Waals surface area contributed by atoms with Gasteiger partial charge in [-0.2, -0.15) is 0 Å². The molecule has 5 atom stereocenters. The first kappa shape index (κ1) is 19.8. The Morgan fingerprint density at radius 1 is 1.31 bits per heavy atom. The van der Waals surface area contributed by atoms with Gasteiger partial charge in [-0.3, -0.25) is 29.4 Å². The van der Waals surface area contributed by atoms with Crippen molar-refractivity contribution >= 4 is 41.0 Å². The lowest BCUT2D eigenvalue weighted by Gasteiger charge is -2.31. The Kier molecular flexibility index (Phi) is 4.66. The topological polar surface area (TPSA) is 116 Å². The van der Waals surface area contributed by atoms with Crippen molar-refractivity contribution in [3.05, 3.63) is 28.8 Å². The summed E-state index contributed by atoms with van der Waals surface area (Å²) in [6.07, 6.45) is 0.548. The van der Waals surface area contributed by atoms with Gasteiger partial charge in [-0.15, -0.1) is 0 Å². The highest BCUT2D eigenvalue weighted by Gasteiger charge is 2.70. The second-order valence-corrected chi connectivity index (χ2v) is 8.38. The zero-order valence-electron chi connectivity index (χ0n) is 16.1. The Bertz CT molecular complexity index is 935. The number of halogens is 1. The smallest absolute Gasteiger partial charge is 0.303 e. The number of carbonyl (C=O) groups excluding carboxylic acids is 3. The maximum Gasteiger partial charge on any atom is 0.303 e. The van der Waals surface area contributed by atoms with Gasteiger partial charge in [0.2, 0.25) is 17.7 Å². The summed E-state index contributed by atoms with van der Waals surface area (Å²) in [7, 11) is 0. The third-order valence-corrected chi connectivity index (χ3v) is 6.65. The normalized spacial score (nSPS) is 31.2. The van der Waals surface area contributed by atoms with Crippen molar-refractivity contribution in [3.63, 3.8) is 0 Å². The Morgan fingerprint density at radius 3 is 2.69 bits per heavy atom. The van der Waals surface area contributed by atoms with E-state index in [1.54, 1.807) is 25.1 Å². The molecule has 1 aromatic rings. The first-order chi connectivity index (χ1) is 13.7. The molecule has 0 saturated carbocycles. The van der Waals surface area contributed by atoms with E-state index < -0.39 is 41.2 Å². The number of hydrogen-bond acceptors (Lipinski definition) is 5. The van der Waals surface area contributed by atoms with Crippen LogP contribution in [-0.4, -0.2) is 45.8 Å². The average Bonchev–Trinajstić information content (AvgIpc) is 3.25. The number of amides is 3. The first-order valence-corrected chi connectivity index (χ1v) is 10.1. The lowest BCUT2D eigenvalue weighted by atomic mass is 9.76. The summed E-state index contributed by atoms with van der Waals surface area (Å²) in [6.45, 7) is 3.68. The number of hydrogen-bond donors (Lipinski definition) is 3. The summed E-state index contributed by atoms with van der Waals surface area (Å²) in [5.41, 5.74) is -0.384. The zero-order valence-corrected chi connectivity index (χ0v) is 16.8. The fraction of sp³-hybridized carbons (Fsp3) is 0.500. The molecule has 3 amide bonds. The summed E-state index contributed by atoms with van der Waals surface area (Å²) in [5.74, 6) is -3.91. The van der Waals surface area contributed by atoms with Gasteiger partial charge < -0.3 is 10.4 Å². The maximum absolute atomic E-state index is 13.4. The molecule has 4 rings (SSSR count). The summed E-state index contributed by atoms with van der Waals surface area (Å²) in [5, 5.41) is 15.5. The quantitative estimate of drug-likeness (QED) is 0.626. The van der Waals surface area contributed by atoms with Crippen molar-refractivity contribution in [1.82, 2.24) is 10.2 Å². The predicted octanol–water partition coefficient (Wildman–Crippen LogP) is 1.72. The number of likely N-dealkylation sites (tertiary alicyclic amines) is 1. The molecular weight excluding hydrogens is 398 g/mol. The molecule has 0 radical (unpaired) electrons. The molecule has 3 aliphatic heterocycles. The molecule has 1 aromatic carbocycles. The van der Waals surface area contributed by atoms with Crippen LogP contribution in [-0.2, 0) is 24.7 Å². The van der Waals surface area contributed by atoms with Crippen LogP contribution in [0.25, 0.3) is 0 Å². The van der Waals surface area contributed by atoms with E-state index >= 15 is 0 Å². The first-order valence-electron chi connectivity index (χ1n) is 9.70. The van der Waals surface area contributed by atoms with Crippen LogP contribution in [0.1, 0.15) is 38.7 Å². The SMILES string of the molecule is CCC(C)N1C(=O)C2C(CCC(=O)O)NC3(C(=O)Nc4ccc(Cl)cc43)C2C1=O. The van der Waals surface area contributed by atoms with Crippen LogP contribution in [0.5, 0.6) is 0 Å².